The molecule has 0 radical (unpaired) electrons. The van der Waals surface area contributed by atoms with Gasteiger partial charge in [0.25, 0.3) is 0 Å². The highest BCUT2D eigenvalue weighted by atomic mass is 31.3. The SMILES string of the molecule is C[C@]1(COP(=O)(O)OP(=O)(O)O)O[C@@H](n2cc(F)c(N)nc2=O)C[C@@H]1O. The maximum atomic E-state index is 13.5. The summed E-state index contributed by atoms with van der Waals surface area (Å²) in [6.07, 6.45) is -2.06. The third-order valence-corrected chi connectivity index (χ3v) is 5.63. The Morgan fingerprint density at radius 2 is 2.12 bits per heavy atom. The molecule has 0 bridgehead atoms. The molecule has 148 valence electrons. The van der Waals surface area contributed by atoms with Crippen molar-refractivity contribution in [3.63, 3.8) is 0 Å². The average molecular weight is 419 g/mol. The molecule has 1 aliphatic rings. The van der Waals surface area contributed by atoms with E-state index >= 15 is 0 Å². The van der Waals surface area contributed by atoms with Crippen LogP contribution in [0.3, 0.4) is 0 Å². The predicted molar refractivity (Wildman–Crippen MR) is 80.9 cm³/mol. The van der Waals surface area contributed by atoms with Gasteiger partial charge in [-0.1, -0.05) is 0 Å². The van der Waals surface area contributed by atoms with Crippen LogP contribution >= 0.6 is 15.6 Å². The molecule has 1 aliphatic heterocycles. The zero-order valence-corrected chi connectivity index (χ0v) is 14.9. The highest BCUT2D eigenvalue weighted by Gasteiger charge is 2.48. The molecule has 0 spiro atoms. The standard InChI is InChI=1S/C10H16FN3O10P2/c1-10(4-22-26(20,21)24-25(17,18)19)6(15)2-7(23-10)14-3-5(11)8(12)13-9(14)16/h3,6-7,15H,2,4H2,1H3,(H,20,21)(H2,12,13,16)(H2,17,18,19)/t6-,7+,10+/m0/s1. The first-order valence-electron chi connectivity index (χ1n) is 6.87. The Bertz CT molecular complexity index is 843. The molecule has 16 heteroatoms. The van der Waals surface area contributed by atoms with Gasteiger partial charge in [0.15, 0.2) is 11.6 Å². The molecule has 2 rings (SSSR count). The molecular weight excluding hydrogens is 403 g/mol. The second-order valence-corrected chi connectivity index (χ2v) is 8.44. The number of nitrogen functional groups attached to an aromatic ring is 1. The summed E-state index contributed by atoms with van der Waals surface area (Å²) in [6, 6.07) is 0. The van der Waals surface area contributed by atoms with E-state index in [9.17, 15) is 28.3 Å². The zero-order valence-electron chi connectivity index (χ0n) is 13.1. The lowest BCUT2D eigenvalue weighted by atomic mass is 10.0. The van der Waals surface area contributed by atoms with Gasteiger partial charge in [-0.2, -0.15) is 9.29 Å². The number of ether oxygens (including phenoxy) is 1. The van der Waals surface area contributed by atoms with Crippen molar-refractivity contribution in [1.82, 2.24) is 9.55 Å². The maximum Gasteiger partial charge on any atom is 0.481 e. The van der Waals surface area contributed by atoms with Crippen molar-refractivity contribution in [1.29, 1.82) is 0 Å². The number of nitrogens with two attached hydrogens (primary N) is 1. The monoisotopic (exact) mass is 419 g/mol. The Hall–Kier alpha value is -1.21. The van der Waals surface area contributed by atoms with Crippen LogP contribution in [0.1, 0.15) is 19.6 Å². The van der Waals surface area contributed by atoms with E-state index in [1.165, 1.54) is 6.92 Å². The highest BCUT2D eigenvalue weighted by molar-refractivity contribution is 7.60. The number of aromatic nitrogens is 2. The fourth-order valence-electron chi connectivity index (χ4n) is 2.21. The van der Waals surface area contributed by atoms with E-state index in [1.807, 2.05) is 0 Å². The first-order chi connectivity index (χ1) is 11.7. The number of hydrogen-bond donors (Lipinski definition) is 5. The fourth-order valence-corrected chi connectivity index (χ4v) is 3.89. The molecule has 6 N–H and O–H groups in total. The first-order valence-corrected chi connectivity index (χ1v) is 9.89. The summed E-state index contributed by atoms with van der Waals surface area (Å²) in [4.78, 5) is 41.4. The lowest BCUT2D eigenvalue weighted by molar-refractivity contribution is -0.115. The number of phosphoric acid groups is 2. The first kappa shape index (κ1) is 21.1. The van der Waals surface area contributed by atoms with Gasteiger partial charge in [0, 0.05) is 6.42 Å². The van der Waals surface area contributed by atoms with Crippen molar-refractivity contribution < 1.29 is 46.9 Å². The van der Waals surface area contributed by atoms with E-state index in [2.05, 4.69) is 13.8 Å². The van der Waals surface area contributed by atoms with Crippen LogP contribution in [0.25, 0.3) is 0 Å². The summed E-state index contributed by atoms with van der Waals surface area (Å²) in [5.74, 6) is -1.62. The molecular formula is C10H16FN3O10P2. The summed E-state index contributed by atoms with van der Waals surface area (Å²) in [5, 5.41) is 10.1. The summed E-state index contributed by atoms with van der Waals surface area (Å²) < 4.78 is 49.8. The minimum atomic E-state index is -5.31. The predicted octanol–water partition coefficient (Wildman–Crippen LogP) is -0.771. The van der Waals surface area contributed by atoms with Gasteiger partial charge in [0.1, 0.15) is 11.8 Å². The average Bonchev–Trinajstić information content (AvgIpc) is 2.75. The molecule has 0 aliphatic carbocycles. The molecule has 0 amide bonds. The van der Waals surface area contributed by atoms with Gasteiger partial charge >= 0.3 is 21.3 Å². The maximum absolute atomic E-state index is 13.5. The Morgan fingerprint density at radius 3 is 2.69 bits per heavy atom. The quantitative estimate of drug-likeness (QED) is 0.361. The molecule has 1 fully saturated rings. The van der Waals surface area contributed by atoms with Gasteiger partial charge < -0.3 is 30.3 Å². The number of anilines is 1. The van der Waals surface area contributed by atoms with E-state index in [-0.39, 0.29) is 6.42 Å². The summed E-state index contributed by atoms with van der Waals surface area (Å²) in [6.45, 7) is 0.402. The second-order valence-electron chi connectivity index (χ2n) is 5.61. The Morgan fingerprint density at radius 1 is 1.50 bits per heavy atom. The number of rotatable bonds is 6. The molecule has 4 atom stereocenters. The molecule has 26 heavy (non-hydrogen) atoms. The number of aliphatic hydroxyl groups is 1. The van der Waals surface area contributed by atoms with Crippen LogP contribution in [-0.4, -0.2) is 47.6 Å². The van der Waals surface area contributed by atoms with E-state index in [1.54, 1.807) is 0 Å². The van der Waals surface area contributed by atoms with Crippen LogP contribution in [0.4, 0.5) is 10.2 Å². The summed E-state index contributed by atoms with van der Waals surface area (Å²) >= 11 is 0. The van der Waals surface area contributed by atoms with E-state index in [0.29, 0.717) is 0 Å². The van der Waals surface area contributed by atoms with Crippen molar-refractivity contribution >= 4 is 21.5 Å². The number of aliphatic hydroxyl groups excluding tert-OH is 1. The Labute approximate surface area is 145 Å². The van der Waals surface area contributed by atoms with Crippen molar-refractivity contribution in [3.8, 4) is 0 Å². The smallest absolute Gasteiger partial charge is 0.390 e. The normalized spacial score (nSPS) is 28.8. The number of phosphoric ester groups is 1. The number of halogens is 1. The molecule has 2 heterocycles. The molecule has 1 aromatic heterocycles. The zero-order chi connectivity index (χ0) is 19.9. The minimum Gasteiger partial charge on any atom is -0.390 e. The van der Waals surface area contributed by atoms with Crippen LogP contribution < -0.4 is 11.4 Å². The number of nitrogens with zero attached hydrogens (tertiary/aromatic N) is 2. The lowest BCUT2D eigenvalue weighted by Crippen LogP contribution is -2.40. The van der Waals surface area contributed by atoms with Crippen LogP contribution in [0.2, 0.25) is 0 Å². The topological polar surface area (TPSA) is 204 Å². The largest absolute Gasteiger partial charge is 0.481 e. The lowest BCUT2D eigenvalue weighted by Gasteiger charge is -2.28. The molecule has 0 saturated carbocycles. The molecule has 1 aromatic rings. The van der Waals surface area contributed by atoms with Crippen molar-refractivity contribution in [3.05, 3.63) is 22.5 Å². The van der Waals surface area contributed by atoms with Gasteiger partial charge in [-0.25, -0.2) is 18.3 Å². The van der Waals surface area contributed by atoms with E-state index in [4.69, 9.17) is 20.3 Å². The fraction of sp³-hybridized carbons (Fsp3) is 0.600. The Kier molecular flexibility index (Phi) is 5.74. The van der Waals surface area contributed by atoms with Crippen LogP contribution in [0.5, 0.6) is 0 Å². The van der Waals surface area contributed by atoms with Crippen molar-refractivity contribution in [2.24, 2.45) is 0 Å². The third kappa shape index (κ3) is 4.94. The Balaban J connectivity index is 2.14. The van der Waals surface area contributed by atoms with E-state index < -0.39 is 57.5 Å². The van der Waals surface area contributed by atoms with Gasteiger partial charge in [-0.3, -0.25) is 9.09 Å². The van der Waals surface area contributed by atoms with Gasteiger partial charge in [0.2, 0.25) is 0 Å². The number of hydrogen-bond acceptors (Lipinski definition) is 9. The third-order valence-electron chi connectivity index (χ3n) is 3.50. The van der Waals surface area contributed by atoms with Gasteiger partial charge in [-0.05, 0) is 6.92 Å². The van der Waals surface area contributed by atoms with Gasteiger partial charge in [0.05, 0.1) is 18.9 Å². The summed E-state index contributed by atoms with van der Waals surface area (Å²) in [5.41, 5.74) is 2.53. The van der Waals surface area contributed by atoms with Gasteiger partial charge in [-0.15, -0.1) is 0 Å². The minimum absolute atomic E-state index is 0.236. The molecule has 1 saturated heterocycles. The van der Waals surface area contributed by atoms with Crippen molar-refractivity contribution in [2.75, 3.05) is 12.3 Å². The van der Waals surface area contributed by atoms with E-state index in [0.717, 1.165) is 10.8 Å². The molecule has 0 aromatic carbocycles. The highest BCUT2D eigenvalue weighted by Crippen LogP contribution is 2.58. The van der Waals surface area contributed by atoms with Crippen LogP contribution in [-0.2, 0) is 22.7 Å². The van der Waals surface area contributed by atoms with Crippen molar-refractivity contribution in [2.45, 2.75) is 31.3 Å². The molecule has 13 nitrogen and oxygen atoms in total. The summed E-state index contributed by atoms with van der Waals surface area (Å²) in [7, 11) is -10.5. The second kappa shape index (κ2) is 7.08. The molecule has 1 unspecified atom stereocenters. The van der Waals surface area contributed by atoms with Crippen LogP contribution in [0, 0.1) is 5.82 Å². The van der Waals surface area contributed by atoms with Crippen LogP contribution in [0.15, 0.2) is 11.0 Å².